The van der Waals surface area contributed by atoms with Crippen molar-refractivity contribution in [2.75, 3.05) is 34.3 Å². The Balaban J connectivity index is 2.20. The lowest BCUT2D eigenvalue weighted by molar-refractivity contribution is -0.140. The maximum Gasteiger partial charge on any atom is 0.354 e. The van der Waals surface area contributed by atoms with Crippen LogP contribution < -0.4 is 0 Å². The fourth-order valence-electron chi connectivity index (χ4n) is 3.95. The van der Waals surface area contributed by atoms with Crippen LogP contribution in [-0.4, -0.2) is 71.8 Å². The Morgan fingerprint density at radius 1 is 1.19 bits per heavy atom. The Bertz CT molecular complexity index is 1050. The third kappa shape index (κ3) is 3.98. The summed E-state index contributed by atoms with van der Waals surface area (Å²) in [6.07, 6.45) is 0. The smallest absolute Gasteiger partial charge is 0.354 e. The van der Waals surface area contributed by atoms with E-state index in [4.69, 9.17) is 4.74 Å². The lowest BCUT2D eigenvalue weighted by atomic mass is 9.94. The lowest BCUT2D eigenvalue weighted by Gasteiger charge is -2.26. The minimum Gasteiger partial charge on any atom is -0.507 e. The number of aromatic amines is 1. The Kier molecular flexibility index (Phi) is 6.31. The molecule has 8 nitrogen and oxygen atoms in total. The normalized spacial score (nSPS) is 18.1. The van der Waals surface area contributed by atoms with Gasteiger partial charge in [0, 0.05) is 24.3 Å². The number of aliphatic hydroxyl groups is 1. The third-order valence-electron chi connectivity index (χ3n) is 5.51. The molecule has 2 N–H and O–H groups in total. The SMILES string of the molecule is COC(=O)c1[nH]c(C)c(C(O)=C2C(=O)C(=O)N(CCN(C)C)[C@@H]2c2ccccc2)c1C. The number of ether oxygens (including phenoxy) is 1. The number of carbonyl (C=O) groups is 3. The van der Waals surface area contributed by atoms with Gasteiger partial charge in [0.25, 0.3) is 11.7 Å². The van der Waals surface area contributed by atoms with Crippen LogP contribution in [0.3, 0.4) is 0 Å². The number of H-pyrrole nitrogens is 1. The second-order valence-electron chi connectivity index (χ2n) is 7.82. The van der Waals surface area contributed by atoms with Crippen LogP contribution in [0.4, 0.5) is 0 Å². The summed E-state index contributed by atoms with van der Waals surface area (Å²) in [6, 6.07) is 8.41. The molecule has 0 unspecified atom stereocenters. The van der Waals surface area contributed by atoms with E-state index in [2.05, 4.69) is 4.98 Å². The first-order chi connectivity index (χ1) is 14.7. The average molecular weight is 425 g/mol. The van der Waals surface area contributed by atoms with Crippen molar-refractivity contribution in [1.82, 2.24) is 14.8 Å². The number of rotatable bonds is 6. The molecule has 1 fully saturated rings. The number of aliphatic hydroxyl groups excluding tert-OH is 1. The highest BCUT2D eigenvalue weighted by Gasteiger charge is 2.46. The van der Waals surface area contributed by atoms with E-state index >= 15 is 0 Å². The summed E-state index contributed by atoms with van der Waals surface area (Å²) in [4.78, 5) is 44.3. The first-order valence-electron chi connectivity index (χ1n) is 9.95. The minimum atomic E-state index is -0.746. The standard InChI is InChI=1S/C23H27N3O5/c1-13-16(14(2)24-18(13)23(30)31-5)20(27)17-19(15-9-7-6-8-10-15)26(12-11-25(3)4)22(29)21(17)28/h6-10,19,24,27H,11-12H2,1-5H3/t19-/m1/s1. The van der Waals surface area contributed by atoms with E-state index in [1.807, 2.05) is 49.3 Å². The molecule has 2 aromatic rings. The summed E-state index contributed by atoms with van der Waals surface area (Å²) >= 11 is 0. The monoisotopic (exact) mass is 425 g/mol. The topological polar surface area (TPSA) is 103 Å². The first-order valence-corrected chi connectivity index (χ1v) is 9.95. The van der Waals surface area contributed by atoms with Crippen LogP contribution in [0.25, 0.3) is 5.76 Å². The zero-order valence-electron chi connectivity index (χ0n) is 18.4. The number of aryl methyl sites for hydroxylation is 1. The summed E-state index contributed by atoms with van der Waals surface area (Å²) in [5.41, 5.74) is 2.21. The molecule has 0 bridgehead atoms. The molecule has 3 rings (SSSR count). The lowest BCUT2D eigenvalue weighted by Crippen LogP contribution is -2.35. The van der Waals surface area contributed by atoms with Gasteiger partial charge in [-0.05, 0) is 39.1 Å². The van der Waals surface area contributed by atoms with E-state index in [-0.39, 0.29) is 17.0 Å². The molecule has 1 atom stereocenters. The predicted octanol–water partition coefficient (Wildman–Crippen LogP) is 2.40. The zero-order chi connectivity index (χ0) is 22.9. The molecule has 0 saturated carbocycles. The van der Waals surface area contributed by atoms with Crippen molar-refractivity contribution >= 4 is 23.4 Å². The molecule has 0 spiro atoms. The van der Waals surface area contributed by atoms with Crippen molar-refractivity contribution in [3.63, 3.8) is 0 Å². The molecule has 1 aromatic carbocycles. The van der Waals surface area contributed by atoms with Crippen molar-refractivity contribution in [2.45, 2.75) is 19.9 Å². The average Bonchev–Trinajstić information content (AvgIpc) is 3.18. The fourth-order valence-corrected chi connectivity index (χ4v) is 3.95. The summed E-state index contributed by atoms with van der Waals surface area (Å²) in [6.45, 7) is 4.23. The van der Waals surface area contributed by atoms with Gasteiger partial charge in [0.15, 0.2) is 0 Å². The number of likely N-dealkylation sites (N-methyl/N-ethyl adjacent to an activating group) is 1. The molecule has 31 heavy (non-hydrogen) atoms. The molecule has 0 aliphatic carbocycles. The number of methoxy groups -OCH3 is 1. The van der Waals surface area contributed by atoms with Crippen LogP contribution in [0, 0.1) is 13.8 Å². The number of Topliss-reactive ketones (excluding diaryl/α,β-unsaturated/α-hetero) is 1. The van der Waals surface area contributed by atoms with Crippen LogP contribution >= 0.6 is 0 Å². The number of esters is 1. The molecule has 1 aliphatic rings. The van der Waals surface area contributed by atoms with Crippen LogP contribution in [-0.2, 0) is 14.3 Å². The number of likely N-dealkylation sites (tertiary alicyclic amines) is 1. The van der Waals surface area contributed by atoms with E-state index < -0.39 is 23.7 Å². The Labute approximate surface area is 181 Å². The molecule has 164 valence electrons. The second kappa shape index (κ2) is 8.77. The van der Waals surface area contributed by atoms with Crippen LogP contribution in [0.15, 0.2) is 35.9 Å². The van der Waals surface area contributed by atoms with Gasteiger partial charge < -0.3 is 24.6 Å². The first kappa shape index (κ1) is 22.3. The molecule has 2 heterocycles. The van der Waals surface area contributed by atoms with Gasteiger partial charge in [-0.2, -0.15) is 0 Å². The largest absolute Gasteiger partial charge is 0.507 e. The summed E-state index contributed by atoms with van der Waals surface area (Å²) in [5.74, 6) is -2.28. The molecule has 1 aliphatic heterocycles. The molecule has 1 aromatic heterocycles. The summed E-state index contributed by atoms with van der Waals surface area (Å²) < 4.78 is 4.79. The highest BCUT2D eigenvalue weighted by atomic mass is 16.5. The van der Waals surface area contributed by atoms with Crippen molar-refractivity contribution < 1.29 is 24.2 Å². The second-order valence-corrected chi connectivity index (χ2v) is 7.82. The highest BCUT2D eigenvalue weighted by molar-refractivity contribution is 6.46. The number of carbonyl (C=O) groups excluding carboxylic acids is 3. The highest BCUT2D eigenvalue weighted by Crippen LogP contribution is 2.40. The summed E-state index contributed by atoms with van der Waals surface area (Å²) in [7, 11) is 5.03. The van der Waals surface area contributed by atoms with Gasteiger partial charge in [0.05, 0.1) is 18.7 Å². The van der Waals surface area contributed by atoms with Gasteiger partial charge in [-0.3, -0.25) is 9.59 Å². The van der Waals surface area contributed by atoms with Crippen molar-refractivity contribution in [2.24, 2.45) is 0 Å². The van der Waals surface area contributed by atoms with Crippen LogP contribution in [0.1, 0.15) is 38.9 Å². The van der Waals surface area contributed by atoms with Crippen molar-refractivity contribution in [3.05, 3.63) is 64.0 Å². The zero-order valence-corrected chi connectivity index (χ0v) is 18.4. The van der Waals surface area contributed by atoms with E-state index in [1.54, 1.807) is 13.8 Å². The van der Waals surface area contributed by atoms with E-state index in [0.717, 1.165) is 5.56 Å². The summed E-state index contributed by atoms with van der Waals surface area (Å²) in [5, 5.41) is 11.3. The van der Waals surface area contributed by atoms with Crippen LogP contribution in [0.2, 0.25) is 0 Å². The van der Waals surface area contributed by atoms with Crippen molar-refractivity contribution in [3.8, 4) is 0 Å². The number of hydrogen-bond acceptors (Lipinski definition) is 6. The van der Waals surface area contributed by atoms with Gasteiger partial charge in [-0.25, -0.2) is 4.79 Å². The molecular weight excluding hydrogens is 398 g/mol. The number of amides is 1. The molecule has 8 heteroatoms. The Morgan fingerprint density at radius 3 is 2.42 bits per heavy atom. The maximum absolute atomic E-state index is 13.1. The van der Waals surface area contributed by atoms with Gasteiger partial charge >= 0.3 is 5.97 Å². The number of benzene rings is 1. The van der Waals surface area contributed by atoms with E-state index in [1.165, 1.54) is 12.0 Å². The molecule has 1 amide bonds. The third-order valence-corrected chi connectivity index (χ3v) is 5.51. The minimum absolute atomic E-state index is 0.0107. The molecule has 1 saturated heterocycles. The van der Waals surface area contributed by atoms with Gasteiger partial charge in [0.1, 0.15) is 11.5 Å². The quantitative estimate of drug-likeness (QED) is 0.319. The number of nitrogens with one attached hydrogen (secondary N) is 1. The van der Waals surface area contributed by atoms with Crippen molar-refractivity contribution in [1.29, 1.82) is 0 Å². The number of aromatic nitrogens is 1. The number of hydrogen-bond donors (Lipinski definition) is 2. The predicted molar refractivity (Wildman–Crippen MR) is 116 cm³/mol. The number of ketones is 1. The maximum atomic E-state index is 13.1. The van der Waals surface area contributed by atoms with Gasteiger partial charge in [-0.15, -0.1) is 0 Å². The fraction of sp³-hybridized carbons (Fsp3) is 0.348. The Morgan fingerprint density at radius 2 is 1.84 bits per heavy atom. The molecule has 0 radical (unpaired) electrons. The van der Waals surface area contributed by atoms with Crippen LogP contribution in [0.5, 0.6) is 0 Å². The van der Waals surface area contributed by atoms with E-state index in [9.17, 15) is 19.5 Å². The van der Waals surface area contributed by atoms with Gasteiger partial charge in [0.2, 0.25) is 0 Å². The Hall–Kier alpha value is -3.39. The number of nitrogens with zero attached hydrogens (tertiary/aromatic N) is 2. The van der Waals surface area contributed by atoms with E-state index in [0.29, 0.717) is 29.9 Å². The molecular formula is C23H27N3O5. The van der Waals surface area contributed by atoms with Gasteiger partial charge in [-0.1, -0.05) is 30.3 Å².